The number of carbonyl (C=O) groups is 2. The first-order chi connectivity index (χ1) is 7.81. The van der Waals surface area contributed by atoms with Crippen molar-refractivity contribution in [3.05, 3.63) is 0 Å². The fraction of sp³-hybridized carbons (Fsp3) is 0.818. The molecule has 1 heterocycles. The molecule has 1 amide bonds. The maximum atomic E-state index is 11.5. The molecule has 1 fully saturated rings. The van der Waals surface area contributed by atoms with E-state index in [2.05, 4.69) is 10.1 Å². The minimum atomic E-state index is -0.720. The van der Waals surface area contributed by atoms with Gasteiger partial charge in [-0.15, -0.1) is 0 Å². The Morgan fingerprint density at radius 3 is 2.47 bits per heavy atom. The summed E-state index contributed by atoms with van der Waals surface area (Å²) in [7, 11) is 1.28. The smallest absolute Gasteiger partial charge is 0.408 e. The number of rotatable bonds is 4. The van der Waals surface area contributed by atoms with E-state index < -0.39 is 23.7 Å². The number of nitrogens with one attached hydrogen (secondary N) is 1. The van der Waals surface area contributed by atoms with Gasteiger partial charge in [0.15, 0.2) is 0 Å². The molecule has 0 aromatic rings. The summed E-state index contributed by atoms with van der Waals surface area (Å²) in [4.78, 5) is 22.9. The first-order valence-electron chi connectivity index (χ1n) is 5.51. The number of esters is 1. The summed E-state index contributed by atoms with van der Waals surface area (Å²) < 4.78 is 14.7. The van der Waals surface area contributed by atoms with E-state index in [0.29, 0.717) is 13.0 Å². The fourth-order valence-electron chi connectivity index (χ4n) is 1.27. The van der Waals surface area contributed by atoms with Crippen LogP contribution in [0.4, 0.5) is 4.79 Å². The maximum Gasteiger partial charge on any atom is 0.408 e. The summed E-state index contributed by atoms with van der Waals surface area (Å²) in [6, 6.07) is -0.720. The molecule has 0 aliphatic carbocycles. The number of hydrogen-bond acceptors (Lipinski definition) is 5. The Labute approximate surface area is 101 Å². The summed E-state index contributed by atoms with van der Waals surface area (Å²) in [5.41, 5.74) is -0.596. The molecule has 1 rings (SSSR count). The highest BCUT2D eigenvalue weighted by molar-refractivity contribution is 5.81. The van der Waals surface area contributed by atoms with Crippen LogP contribution < -0.4 is 5.32 Å². The van der Waals surface area contributed by atoms with Gasteiger partial charge in [0.25, 0.3) is 0 Å². The topological polar surface area (TPSA) is 77.2 Å². The zero-order valence-electron chi connectivity index (χ0n) is 10.6. The molecule has 0 saturated carbocycles. The van der Waals surface area contributed by atoms with Gasteiger partial charge in [-0.05, 0) is 20.8 Å². The lowest BCUT2D eigenvalue weighted by atomic mass is 10.1. The zero-order chi connectivity index (χ0) is 13.1. The van der Waals surface area contributed by atoms with Gasteiger partial charge in [0.05, 0.1) is 19.8 Å². The minimum Gasteiger partial charge on any atom is -0.467 e. The van der Waals surface area contributed by atoms with E-state index in [9.17, 15) is 9.59 Å². The Hall–Kier alpha value is -1.30. The van der Waals surface area contributed by atoms with Gasteiger partial charge in [-0.25, -0.2) is 9.59 Å². The number of ether oxygens (including phenoxy) is 3. The Morgan fingerprint density at radius 1 is 1.47 bits per heavy atom. The molecule has 17 heavy (non-hydrogen) atoms. The van der Waals surface area contributed by atoms with Crippen molar-refractivity contribution in [2.75, 3.05) is 13.7 Å². The first kappa shape index (κ1) is 13.8. The molecule has 0 aromatic heterocycles. The van der Waals surface area contributed by atoms with E-state index in [4.69, 9.17) is 9.47 Å². The highest BCUT2D eigenvalue weighted by atomic mass is 16.6. The zero-order valence-corrected chi connectivity index (χ0v) is 10.6. The van der Waals surface area contributed by atoms with Crippen molar-refractivity contribution in [2.45, 2.75) is 44.9 Å². The summed E-state index contributed by atoms with van der Waals surface area (Å²) in [5, 5.41) is 2.48. The van der Waals surface area contributed by atoms with Gasteiger partial charge in [-0.3, -0.25) is 0 Å². The van der Waals surface area contributed by atoms with Crippen molar-refractivity contribution < 1.29 is 23.8 Å². The molecule has 2 atom stereocenters. The van der Waals surface area contributed by atoms with E-state index in [1.54, 1.807) is 20.8 Å². The van der Waals surface area contributed by atoms with Crippen LogP contribution in [0.2, 0.25) is 0 Å². The number of methoxy groups -OCH3 is 1. The number of carbonyl (C=O) groups excluding carboxylic acids is 2. The van der Waals surface area contributed by atoms with Crippen LogP contribution in [-0.2, 0) is 19.0 Å². The normalized spacial score (nSPS) is 20.4. The summed E-state index contributed by atoms with van der Waals surface area (Å²) in [6.07, 6.45) is -0.200. The van der Waals surface area contributed by atoms with Crippen molar-refractivity contribution in [1.82, 2.24) is 5.32 Å². The van der Waals surface area contributed by atoms with E-state index >= 15 is 0 Å². The summed E-state index contributed by atoms with van der Waals surface area (Å²) in [5.74, 6) is -0.494. The van der Waals surface area contributed by atoms with Crippen LogP contribution in [-0.4, -0.2) is 43.5 Å². The Balaban J connectivity index is 2.46. The van der Waals surface area contributed by atoms with E-state index in [-0.39, 0.29) is 6.10 Å². The maximum absolute atomic E-state index is 11.5. The Morgan fingerprint density at radius 2 is 2.06 bits per heavy atom. The van der Waals surface area contributed by atoms with Crippen molar-refractivity contribution in [2.24, 2.45) is 0 Å². The third-order valence-corrected chi connectivity index (χ3v) is 2.08. The molecule has 0 bridgehead atoms. The highest BCUT2D eigenvalue weighted by Crippen LogP contribution is 2.17. The van der Waals surface area contributed by atoms with Crippen LogP contribution in [0.3, 0.4) is 0 Å². The molecule has 6 heteroatoms. The molecule has 1 N–H and O–H groups in total. The quantitative estimate of drug-likeness (QED) is 0.586. The first-order valence-corrected chi connectivity index (χ1v) is 5.51. The largest absolute Gasteiger partial charge is 0.467 e. The van der Waals surface area contributed by atoms with Crippen LogP contribution in [0.5, 0.6) is 0 Å². The number of epoxide rings is 1. The predicted octanol–water partition coefficient (Wildman–Crippen LogP) is 0.842. The van der Waals surface area contributed by atoms with E-state index in [1.807, 2.05) is 0 Å². The molecule has 0 radical (unpaired) electrons. The van der Waals surface area contributed by atoms with Crippen molar-refractivity contribution in [1.29, 1.82) is 0 Å². The van der Waals surface area contributed by atoms with Gasteiger partial charge >= 0.3 is 12.1 Å². The number of hydrogen-bond donors (Lipinski definition) is 1. The summed E-state index contributed by atoms with van der Waals surface area (Å²) in [6.45, 7) is 5.88. The van der Waals surface area contributed by atoms with Crippen LogP contribution in [0, 0.1) is 0 Å². The third-order valence-electron chi connectivity index (χ3n) is 2.08. The Bertz CT molecular complexity index is 293. The van der Waals surface area contributed by atoms with Gasteiger partial charge < -0.3 is 19.5 Å². The van der Waals surface area contributed by atoms with Crippen LogP contribution >= 0.6 is 0 Å². The number of alkyl carbamates (subject to hydrolysis) is 1. The highest BCUT2D eigenvalue weighted by Gasteiger charge is 2.33. The third kappa shape index (κ3) is 5.53. The molecule has 1 saturated heterocycles. The molecular weight excluding hydrogens is 226 g/mol. The van der Waals surface area contributed by atoms with E-state index in [0.717, 1.165) is 0 Å². The van der Waals surface area contributed by atoms with Crippen LogP contribution in [0.25, 0.3) is 0 Å². The lowest BCUT2D eigenvalue weighted by Crippen LogP contribution is -2.44. The SMILES string of the molecule is COC(=O)[C@H](C[C@@H]1CO1)NC(=O)OC(C)(C)C. The van der Waals surface area contributed by atoms with Crippen molar-refractivity contribution >= 4 is 12.1 Å². The number of amides is 1. The molecule has 0 spiro atoms. The van der Waals surface area contributed by atoms with Crippen molar-refractivity contribution in [3.8, 4) is 0 Å². The molecule has 1 aliphatic rings. The molecule has 0 unspecified atom stereocenters. The second-order valence-corrected chi connectivity index (χ2v) is 4.91. The molecule has 1 aliphatic heterocycles. The predicted molar refractivity (Wildman–Crippen MR) is 59.5 cm³/mol. The van der Waals surface area contributed by atoms with Gasteiger partial charge in [0.2, 0.25) is 0 Å². The average Bonchev–Trinajstić information content (AvgIpc) is 2.96. The lowest BCUT2D eigenvalue weighted by Gasteiger charge is -2.22. The van der Waals surface area contributed by atoms with Crippen LogP contribution in [0.15, 0.2) is 0 Å². The average molecular weight is 245 g/mol. The molecule has 98 valence electrons. The van der Waals surface area contributed by atoms with Gasteiger partial charge in [-0.1, -0.05) is 0 Å². The molecule has 0 aromatic carbocycles. The monoisotopic (exact) mass is 245 g/mol. The van der Waals surface area contributed by atoms with E-state index in [1.165, 1.54) is 7.11 Å². The lowest BCUT2D eigenvalue weighted by molar-refractivity contribution is -0.143. The minimum absolute atomic E-state index is 0.0223. The fourth-order valence-corrected chi connectivity index (χ4v) is 1.27. The standard InChI is InChI=1S/C11H19NO5/c1-11(2,3)17-10(14)12-8(9(13)15-4)5-7-6-16-7/h7-8H,5-6H2,1-4H3,(H,12,14)/t7-,8+/m1/s1. The van der Waals surface area contributed by atoms with Gasteiger partial charge in [0, 0.05) is 6.42 Å². The molecular formula is C11H19NO5. The Kier molecular flexibility index (Phi) is 4.34. The van der Waals surface area contributed by atoms with Gasteiger partial charge in [0.1, 0.15) is 11.6 Å². The molecule has 6 nitrogen and oxygen atoms in total. The summed E-state index contributed by atoms with van der Waals surface area (Å²) >= 11 is 0. The van der Waals surface area contributed by atoms with Crippen LogP contribution in [0.1, 0.15) is 27.2 Å². The van der Waals surface area contributed by atoms with Gasteiger partial charge in [-0.2, -0.15) is 0 Å². The second-order valence-electron chi connectivity index (χ2n) is 4.91. The van der Waals surface area contributed by atoms with Crippen molar-refractivity contribution in [3.63, 3.8) is 0 Å². The second kappa shape index (κ2) is 5.35.